The predicted molar refractivity (Wildman–Crippen MR) is 84.5 cm³/mol. The predicted octanol–water partition coefficient (Wildman–Crippen LogP) is 4.70. The molecule has 0 saturated heterocycles. The van der Waals surface area contributed by atoms with E-state index >= 15 is 0 Å². The number of nitrogens with zero attached hydrogens (tertiary/aromatic N) is 2. The lowest BCUT2D eigenvalue weighted by Crippen LogP contribution is -1.99. The van der Waals surface area contributed by atoms with E-state index in [1.165, 1.54) is 6.33 Å². The van der Waals surface area contributed by atoms with Crippen LogP contribution in [0.4, 0.5) is 5.82 Å². The van der Waals surface area contributed by atoms with Gasteiger partial charge in [-0.05, 0) is 52.0 Å². The summed E-state index contributed by atoms with van der Waals surface area (Å²) in [6.07, 6.45) is 1.37. The molecule has 1 aromatic heterocycles. The van der Waals surface area contributed by atoms with Gasteiger partial charge >= 0.3 is 0 Å². The Balaban J connectivity index is 2.43. The summed E-state index contributed by atoms with van der Waals surface area (Å²) >= 11 is 9.57. The third kappa shape index (κ3) is 3.04. The van der Waals surface area contributed by atoms with Gasteiger partial charge in [-0.3, -0.25) is 0 Å². The van der Waals surface area contributed by atoms with Crippen molar-refractivity contribution in [2.45, 2.75) is 26.7 Å². The molecule has 0 unspecified atom stereocenters. The van der Waals surface area contributed by atoms with E-state index in [0.29, 0.717) is 27.8 Å². The molecular weight excluding hydrogens is 342 g/mol. The Hall–Kier alpha value is -1.33. The first-order valence-corrected chi connectivity index (χ1v) is 7.31. The number of ether oxygens (including phenoxy) is 1. The Morgan fingerprint density at radius 1 is 1.30 bits per heavy atom. The number of halogens is 2. The maximum atomic E-state index is 6.25. The second-order valence-electron chi connectivity index (χ2n) is 4.77. The van der Waals surface area contributed by atoms with Gasteiger partial charge in [-0.1, -0.05) is 25.4 Å². The van der Waals surface area contributed by atoms with E-state index in [0.717, 1.165) is 16.1 Å². The minimum absolute atomic E-state index is 0.310. The van der Waals surface area contributed by atoms with Gasteiger partial charge in [0.05, 0.1) is 0 Å². The molecule has 6 heteroatoms. The molecule has 106 valence electrons. The van der Waals surface area contributed by atoms with Crippen LogP contribution in [0, 0.1) is 6.92 Å². The van der Waals surface area contributed by atoms with E-state index in [1.54, 1.807) is 0 Å². The summed E-state index contributed by atoms with van der Waals surface area (Å²) in [5, 5.41) is 0.742. The van der Waals surface area contributed by atoms with E-state index in [-0.39, 0.29) is 0 Å². The van der Waals surface area contributed by atoms with Crippen LogP contribution in [0.15, 0.2) is 22.9 Å². The number of nitrogen functional groups attached to an aromatic ring is 1. The number of benzene rings is 1. The smallest absolute Gasteiger partial charge is 0.238 e. The van der Waals surface area contributed by atoms with Gasteiger partial charge in [0.2, 0.25) is 5.88 Å². The van der Waals surface area contributed by atoms with Crippen molar-refractivity contribution in [3.05, 3.63) is 39.1 Å². The first kappa shape index (κ1) is 15.1. The SMILES string of the molecule is Cc1cc(Cl)c(C(C)C)cc1Oc1ncnc(N)c1Br. The van der Waals surface area contributed by atoms with Crippen LogP contribution in [0.1, 0.15) is 30.9 Å². The highest BCUT2D eigenvalue weighted by molar-refractivity contribution is 9.10. The third-order valence-corrected chi connectivity index (χ3v) is 3.98. The number of nitrogens with two attached hydrogens (primary N) is 1. The standard InChI is InChI=1S/C14H15BrClN3O/c1-7(2)9-5-11(8(3)4-10(9)16)20-14-12(15)13(17)18-6-19-14/h4-7H,1-3H3,(H2,17,18,19). The normalized spacial score (nSPS) is 10.9. The highest BCUT2D eigenvalue weighted by atomic mass is 79.9. The zero-order valence-corrected chi connectivity index (χ0v) is 13.8. The molecule has 1 aromatic carbocycles. The molecule has 0 aliphatic heterocycles. The van der Waals surface area contributed by atoms with Gasteiger partial charge in [-0.2, -0.15) is 0 Å². The van der Waals surface area contributed by atoms with Crippen molar-refractivity contribution in [1.82, 2.24) is 9.97 Å². The largest absolute Gasteiger partial charge is 0.437 e. The number of hydrogen-bond donors (Lipinski definition) is 1. The van der Waals surface area contributed by atoms with Gasteiger partial charge in [0.15, 0.2) is 0 Å². The van der Waals surface area contributed by atoms with Crippen LogP contribution in [0.3, 0.4) is 0 Å². The summed E-state index contributed by atoms with van der Waals surface area (Å²) in [5.74, 6) is 1.74. The van der Waals surface area contributed by atoms with Crippen molar-refractivity contribution >= 4 is 33.3 Å². The molecule has 0 radical (unpaired) electrons. The molecule has 2 N–H and O–H groups in total. The summed E-state index contributed by atoms with van der Waals surface area (Å²) in [6.45, 7) is 6.10. The molecule has 0 aliphatic carbocycles. The zero-order chi connectivity index (χ0) is 14.9. The first-order chi connectivity index (χ1) is 9.40. The molecule has 4 nitrogen and oxygen atoms in total. The molecule has 0 atom stereocenters. The highest BCUT2D eigenvalue weighted by Crippen LogP contribution is 2.36. The summed E-state index contributed by atoms with van der Waals surface area (Å²) in [6, 6.07) is 3.83. The second-order valence-corrected chi connectivity index (χ2v) is 5.97. The fourth-order valence-corrected chi connectivity index (χ4v) is 2.48. The fraction of sp³-hybridized carbons (Fsp3) is 0.286. The maximum Gasteiger partial charge on any atom is 0.238 e. The van der Waals surface area contributed by atoms with Crippen molar-refractivity contribution in [3.63, 3.8) is 0 Å². The van der Waals surface area contributed by atoms with Crippen LogP contribution >= 0.6 is 27.5 Å². The molecule has 0 fully saturated rings. The molecule has 0 bridgehead atoms. The molecule has 0 aliphatic rings. The van der Waals surface area contributed by atoms with Gasteiger partial charge in [-0.25, -0.2) is 9.97 Å². The lowest BCUT2D eigenvalue weighted by molar-refractivity contribution is 0.454. The molecule has 20 heavy (non-hydrogen) atoms. The Kier molecular flexibility index (Phi) is 4.50. The van der Waals surface area contributed by atoms with Crippen LogP contribution in [0.2, 0.25) is 5.02 Å². The number of rotatable bonds is 3. The summed E-state index contributed by atoms with van der Waals surface area (Å²) in [7, 11) is 0. The van der Waals surface area contributed by atoms with E-state index < -0.39 is 0 Å². The molecule has 0 spiro atoms. The van der Waals surface area contributed by atoms with Crippen LogP contribution in [0.25, 0.3) is 0 Å². The van der Waals surface area contributed by atoms with Crippen LogP contribution in [-0.4, -0.2) is 9.97 Å². The average Bonchev–Trinajstić information content (AvgIpc) is 2.37. The van der Waals surface area contributed by atoms with E-state index in [2.05, 4.69) is 39.7 Å². The highest BCUT2D eigenvalue weighted by Gasteiger charge is 2.13. The molecule has 2 aromatic rings. The van der Waals surface area contributed by atoms with Gasteiger partial charge in [0.25, 0.3) is 0 Å². The first-order valence-electron chi connectivity index (χ1n) is 6.14. The van der Waals surface area contributed by atoms with Crippen molar-refractivity contribution in [2.24, 2.45) is 0 Å². The molecule has 0 amide bonds. The van der Waals surface area contributed by atoms with Crippen molar-refractivity contribution in [2.75, 3.05) is 5.73 Å². The fourth-order valence-electron chi connectivity index (χ4n) is 1.76. The van der Waals surface area contributed by atoms with Crippen molar-refractivity contribution in [3.8, 4) is 11.6 Å². The van der Waals surface area contributed by atoms with Crippen LogP contribution in [0.5, 0.6) is 11.6 Å². The van der Waals surface area contributed by atoms with Gasteiger partial charge in [-0.15, -0.1) is 0 Å². The Bertz CT molecular complexity index is 647. The number of aryl methyl sites for hydroxylation is 1. The van der Waals surface area contributed by atoms with Crippen molar-refractivity contribution in [1.29, 1.82) is 0 Å². The van der Waals surface area contributed by atoms with Gasteiger partial charge < -0.3 is 10.5 Å². The quantitative estimate of drug-likeness (QED) is 0.866. The molecule has 2 rings (SSSR count). The topological polar surface area (TPSA) is 61.0 Å². The van der Waals surface area contributed by atoms with Gasteiger partial charge in [0, 0.05) is 5.02 Å². The average molecular weight is 357 g/mol. The monoisotopic (exact) mass is 355 g/mol. The van der Waals surface area contributed by atoms with Crippen molar-refractivity contribution < 1.29 is 4.74 Å². The third-order valence-electron chi connectivity index (χ3n) is 2.91. The lowest BCUT2D eigenvalue weighted by Gasteiger charge is -2.14. The number of aromatic nitrogens is 2. The van der Waals surface area contributed by atoms with Crippen LogP contribution < -0.4 is 10.5 Å². The number of hydrogen-bond acceptors (Lipinski definition) is 4. The second kappa shape index (κ2) is 5.97. The Morgan fingerprint density at radius 2 is 2.00 bits per heavy atom. The Labute approximate surface area is 131 Å². The lowest BCUT2D eigenvalue weighted by atomic mass is 10.0. The van der Waals surface area contributed by atoms with E-state index in [9.17, 15) is 0 Å². The molecule has 1 heterocycles. The van der Waals surface area contributed by atoms with Crippen LogP contribution in [-0.2, 0) is 0 Å². The zero-order valence-electron chi connectivity index (χ0n) is 11.4. The van der Waals surface area contributed by atoms with Gasteiger partial charge in [0.1, 0.15) is 22.4 Å². The minimum Gasteiger partial charge on any atom is -0.437 e. The maximum absolute atomic E-state index is 6.25. The summed E-state index contributed by atoms with van der Waals surface area (Å²) in [4.78, 5) is 7.96. The van der Waals surface area contributed by atoms with E-state index in [4.69, 9.17) is 22.1 Å². The molecular formula is C14H15BrClN3O. The Morgan fingerprint density at radius 3 is 2.65 bits per heavy atom. The summed E-state index contributed by atoms with van der Waals surface area (Å²) in [5.41, 5.74) is 7.68. The molecule has 0 saturated carbocycles. The minimum atomic E-state index is 0.310. The van der Waals surface area contributed by atoms with E-state index in [1.807, 2.05) is 19.1 Å². The summed E-state index contributed by atoms with van der Waals surface area (Å²) < 4.78 is 6.37. The number of anilines is 1.